The Bertz CT molecular complexity index is 63.5. The summed E-state index contributed by atoms with van der Waals surface area (Å²) in [5.41, 5.74) is -0.143. The molecular formula is C6H14OS. The summed E-state index contributed by atoms with van der Waals surface area (Å²) in [7, 11) is 0. The van der Waals surface area contributed by atoms with E-state index in [2.05, 4.69) is 12.6 Å². The first-order valence-corrected chi connectivity index (χ1v) is 3.14. The van der Waals surface area contributed by atoms with E-state index in [0.29, 0.717) is 0 Å². The highest BCUT2D eigenvalue weighted by atomic mass is 32.1. The smallest absolute Gasteiger partial charge is 0.109 e. The van der Waals surface area contributed by atoms with E-state index >= 15 is 0 Å². The second kappa shape index (κ2) is 1.92. The van der Waals surface area contributed by atoms with Crippen LogP contribution >= 0.6 is 12.6 Å². The maximum atomic E-state index is 9.22. The van der Waals surface area contributed by atoms with Crippen LogP contribution in [0.25, 0.3) is 0 Å². The molecule has 0 aliphatic heterocycles. The van der Waals surface area contributed by atoms with Crippen molar-refractivity contribution in [2.75, 3.05) is 0 Å². The van der Waals surface area contributed by atoms with E-state index in [9.17, 15) is 5.11 Å². The molecule has 0 amide bonds. The molecule has 0 heterocycles. The number of rotatable bonds is 0. The summed E-state index contributed by atoms with van der Waals surface area (Å²) in [6, 6.07) is 0. The average Bonchev–Trinajstić information content (AvgIpc) is 1.25. The minimum atomic E-state index is -0.868. The topological polar surface area (TPSA) is 20.2 Å². The van der Waals surface area contributed by atoms with Crippen molar-refractivity contribution in [2.24, 2.45) is 5.41 Å². The number of aliphatic hydroxyl groups is 1. The molecule has 0 aromatic carbocycles. The molecule has 1 unspecified atom stereocenters. The molecule has 0 radical (unpaired) electrons. The van der Waals surface area contributed by atoms with E-state index in [4.69, 9.17) is 0 Å². The largest absolute Gasteiger partial charge is 0.380 e. The van der Waals surface area contributed by atoms with Crippen LogP contribution in [0, 0.1) is 5.41 Å². The van der Waals surface area contributed by atoms with Crippen molar-refractivity contribution in [3.8, 4) is 0 Å². The fourth-order valence-corrected chi connectivity index (χ4v) is 0. The van der Waals surface area contributed by atoms with Gasteiger partial charge >= 0.3 is 0 Å². The molecule has 2 heteroatoms. The molecule has 1 nitrogen and oxygen atoms in total. The summed E-state index contributed by atoms with van der Waals surface area (Å²) in [6.45, 7) is 7.52. The van der Waals surface area contributed by atoms with Gasteiger partial charge in [-0.2, -0.15) is 0 Å². The van der Waals surface area contributed by atoms with Crippen molar-refractivity contribution in [3.63, 3.8) is 0 Å². The van der Waals surface area contributed by atoms with Gasteiger partial charge in [0.05, 0.1) is 0 Å². The maximum absolute atomic E-state index is 9.22. The van der Waals surface area contributed by atoms with E-state index < -0.39 is 4.93 Å². The molecule has 0 aromatic heterocycles. The quantitative estimate of drug-likeness (QED) is 0.381. The van der Waals surface area contributed by atoms with Crippen molar-refractivity contribution in [1.82, 2.24) is 0 Å². The molecule has 0 aromatic rings. The second-order valence-corrected chi connectivity index (χ2v) is 4.14. The van der Waals surface area contributed by atoms with Crippen LogP contribution in [0.15, 0.2) is 0 Å². The van der Waals surface area contributed by atoms with E-state index in [0.717, 1.165) is 0 Å². The van der Waals surface area contributed by atoms with Crippen molar-refractivity contribution < 1.29 is 5.11 Å². The lowest BCUT2D eigenvalue weighted by molar-refractivity contribution is 0.0475. The fraction of sp³-hybridized carbons (Fsp3) is 1.00. The third-order valence-corrected chi connectivity index (χ3v) is 2.09. The first-order valence-electron chi connectivity index (χ1n) is 2.70. The molecule has 1 N–H and O–H groups in total. The van der Waals surface area contributed by atoms with Gasteiger partial charge in [-0.15, -0.1) is 12.6 Å². The SMILES string of the molecule is CC(C)(C)C(C)(O)S. The van der Waals surface area contributed by atoms with Crippen LogP contribution < -0.4 is 0 Å². The number of hydrogen-bond acceptors (Lipinski definition) is 2. The highest BCUT2D eigenvalue weighted by Gasteiger charge is 2.30. The Labute approximate surface area is 56.5 Å². The predicted molar refractivity (Wildman–Crippen MR) is 39.1 cm³/mol. The molecule has 8 heavy (non-hydrogen) atoms. The molecule has 1 atom stereocenters. The van der Waals surface area contributed by atoms with E-state index in [1.165, 1.54) is 0 Å². The Morgan fingerprint density at radius 3 is 1.25 bits per heavy atom. The van der Waals surface area contributed by atoms with Gasteiger partial charge in [0.2, 0.25) is 0 Å². The Balaban J connectivity index is 4.02. The third kappa shape index (κ3) is 2.05. The van der Waals surface area contributed by atoms with Crippen molar-refractivity contribution >= 4 is 12.6 Å². The average molecular weight is 134 g/mol. The van der Waals surface area contributed by atoms with Crippen LogP contribution in [-0.2, 0) is 0 Å². The standard InChI is InChI=1S/C6H14OS/c1-5(2,3)6(4,7)8/h7-8H,1-4H3. The summed E-state index contributed by atoms with van der Waals surface area (Å²) in [5.74, 6) is 0. The minimum Gasteiger partial charge on any atom is -0.380 e. The van der Waals surface area contributed by atoms with Gasteiger partial charge in [-0.05, 0) is 12.3 Å². The minimum absolute atomic E-state index is 0.143. The first kappa shape index (κ1) is 8.31. The lowest BCUT2D eigenvalue weighted by Gasteiger charge is -2.31. The normalized spacial score (nSPS) is 20.2. The molecule has 0 saturated carbocycles. The Morgan fingerprint density at radius 1 is 1.12 bits per heavy atom. The van der Waals surface area contributed by atoms with Crippen molar-refractivity contribution in [2.45, 2.75) is 32.6 Å². The van der Waals surface area contributed by atoms with Gasteiger partial charge in [-0.1, -0.05) is 20.8 Å². The summed E-state index contributed by atoms with van der Waals surface area (Å²) in [5, 5.41) is 9.22. The van der Waals surface area contributed by atoms with Crippen LogP contribution in [0.4, 0.5) is 0 Å². The van der Waals surface area contributed by atoms with Crippen molar-refractivity contribution in [3.05, 3.63) is 0 Å². The number of thiol groups is 1. The Kier molecular flexibility index (Phi) is 2.00. The van der Waals surface area contributed by atoms with Crippen LogP contribution in [0.3, 0.4) is 0 Å². The van der Waals surface area contributed by atoms with Gasteiger partial charge in [-0.25, -0.2) is 0 Å². The monoisotopic (exact) mass is 134 g/mol. The van der Waals surface area contributed by atoms with E-state index in [1.807, 2.05) is 20.8 Å². The van der Waals surface area contributed by atoms with Crippen LogP contribution in [0.2, 0.25) is 0 Å². The molecule has 0 saturated heterocycles. The van der Waals surface area contributed by atoms with Gasteiger partial charge < -0.3 is 5.11 Å². The van der Waals surface area contributed by atoms with Gasteiger partial charge in [0.25, 0.3) is 0 Å². The van der Waals surface area contributed by atoms with E-state index in [-0.39, 0.29) is 5.41 Å². The zero-order valence-corrected chi connectivity index (χ0v) is 6.79. The molecule has 0 spiro atoms. The first-order chi connectivity index (χ1) is 3.25. The highest BCUT2D eigenvalue weighted by molar-refractivity contribution is 7.81. The summed E-state index contributed by atoms with van der Waals surface area (Å²) >= 11 is 3.99. The van der Waals surface area contributed by atoms with Crippen LogP contribution in [-0.4, -0.2) is 10.0 Å². The molecule has 50 valence electrons. The maximum Gasteiger partial charge on any atom is 0.109 e. The lowest BCUT2D eigenvalue weighted by Crippen LogP contribution is -2.33. The zero-order chi connectivity index (χ0) is 7.00. The van der Waals surface area contributed by atoms with Gasteiger partial charge in [0, 0.05) is 0 Å². The van der Waals surface area contributed by atoms with Gasteiger partial charge in [0.1, 0.15) is 4.93 Å². The molecule has 0 aliphatic carbocycles. The highest BCUT2D eigenvalue weighted by Crippen LogP contribution is 2.32. The molecule has 0 rings (SSSR count). The number of hydrogen-bond donors (Lipinski definition) is 2. The van der Waals surface area contributed by atoms with E-state index in [1.54, 1.807) is 6.92 Å². The predicted octanol–water partition coefficient (Wildman–Crippen LogP) is 1.67. The second-order valence-electron chi connectivity index (χ2n) is 3.27. The molecule has 0 bridgehead atoms. The van der Waals surface area contributed by atoms with Gasteiger partial charge in [-0.3, -0.25) is 0 Å². The lowest BCUT2D eigenvalue weighted by atomic mass is 9.90. The fourth-order valence-electron chi connectivity index (χ4n) is 0. The summed E-state index contributed by atoms with van der Waals surface area (Å²) in [4.78, 5) is -0.868. The molecule has 0 aliphatic rings. The molecule has 0 fully saturated rings. The Morgan fingerprint density at radius 2 is 1.25 bits per heavy atom. The third-order valence-electron chi connectivity index (χ3n) is 1.42. The summed E-state index contributed by atoms with van der Waals surface area (Å²) in [6.07, 6.45) is 0. The summed E-state index contributed by atoms with van der Waals surface area (Å²) < 4.78 is 0. The van der Waals surface area contributed by atoms with Crippen LogP contribution in [0.1, 0.15) is 27.7 Å². The Hall–Kier alpha value is 0.310. The van der Waals surface area contributed by atoms with Crippen LogP contribution in [0.5, 0.6) is 0 Å². The van der Waals surface area contributed by atoms with Crippen molar-refractivity contribution in [1.29, 1.82) is 0 Å². The van der Waals surface area contributed by atoms with Gasteiger partial charge in [0.15, 0.2) is 0 Å². The molecular weight excluding hydrogens is 120 g/mol. The zero-order valence-electron chi connectivity index (χ0n) is 5.89.